The van der Waals surface area contributed by atoms with Crippen molar-refractivity contribution >= 4 is 16.8 Å². The maximum atomic E-state index is 11.2. The number of carbonyl (C=O) groups excluding carboxylic acids is 1. The van der Waals surface area contributed by atoms with Crippen molar-refractivity contribution < 1.29 is 13.7 Å². The molecule has 0 heterocycles. The minimum atomic E-state index is -0.897. The molecule has 3 nitrogen and oxygen atoms in total. The van der Waals surface area contributed by atoms with Crippen LogP contribution >= 0.6 is 0 Å². The first-order valence-corrected chi connectivity index (χ1v) is 5.52. The van der Waals surface area contributed by atoms with Gasteiger partial charge in [-0.25, -0.2) is 0 Å². The highest BCUT2D eigenvalue weighted by molar-refractivity contribution is 7.85. The third kappa shape index (κ3) is 4.49. The molecule has 0 amide bonds. The fraction of sp³-hybridized carbons (Fsp3) is 0.875. The summed E-state index contributed by atoms with van der Waals surface area (Å²) < 4.78 is 15.9. The number of hydrogen-bond donors (Lipinski definition) is 0. The zero-order chi connectivity index (χ0) is 9.56. The molecule has 2 unspecified atom stereocenters. The van der Waals surface area contributed by atoms with Crippen molar-refractivity contribution in [3.63, 3.8) is 0 Å². The Kier molecular flexibility index (Phi) is 5.98. The average molecular weight is 192 g/mol. The Bertz CT molecular complexity index is 168. The summed E-state index contributed by atoms with van der Waals surface area (Å²) in [6.07, 6.45) is 0.258. The molecule has 0 spiro atoms. The number of hydrogen-bond acceptors (Lipinski definition) is 3. The molecule has 4 heteroatoms. The Morgan fingerprint density at radius 3 is 2.50 bits per heavy atom. The second kappa shape index (κ2) is 6.17. The number of carbonyl (C=O) groups is 1. The molecule has 0 aromatic heterocycles. The van der Waals surface area contributed by atoms with E-state index in [1.165, 1.54) is 0 Å². The van der Waals surface area contributed by atoms with Gasteiger partial charge in [0, 0.05) is 21.8 Å². The predicted octanol–water partition coefficient (Wildman–Crippen LogP) is 1.10. The molecule has 0 saturated carbocycles. The zero-order valence-electron chi connectivity index (χ0n) is 7.83. The molecule has 0 aliphatic heterocycles. The third-order valence-electron chi connectivity index (χ3n) is 1.49. The highest BCUT2D eigenvalue weighted by Crippen LogP contribution is 2.02. The van der Waals surface area contributed by atoms with E-state index in [1.54, 1.807) is 13.8 Å². The Morgan fingerprint density at radius 1 is 1.50 bits per heavy atom. The third-order valence-corrected chi connectivity index (χ3v) is 3.13. The zero-order valence-corrected chi connectivity index (χ0v) is 8.65. The summed E-state index contributed by atoms with van der Waals surface area (Å²) in [6.45, 7) is 5.80. The lowest BCUT2D eigenvalue weighted by Crippen LogP contribution is -2.18. The van der Waals surface area contributed by atoms with Crippen molar-refractivity contribution in [2.24, 2.45) is 0 Å². The summed E-state index contributed by atoms with van der Waals surface area (Å²) in [5.74, 6) is 0.340. The maximum Gasteiger partial charge on any atom is 0.306 e. The first-order valence-electron chi connectivity index (χ1n) is 4.14. The number of rotatable bonds is 5. The van der Waals surface area contributed by atoms with E-state index in [1.807, 2.05) is 6.92 Å². The van der Waals surface area contributed by atoms with Crippen LogP contribution in [0.1, 0.15) is 27.2 Å². The van der Waals surface area contributed by atoms with Gasteiger partial charge in [-0.05, 0) is 6.92 Å². The van der Waals surface area contributed by atoms with E-state index in [4.69, 9.17) is 4.74 Å². The van der Waals surface area contributed by atoms with Crippen molar-refractivity contribution in [1.29, 1.82) is 0 Å². The average Bonchev–Trinajstić information content (AvgIpc) is 2.03. The van der Waals surface area contributed by atoms with Gasteiger partial charge in [0.15, 0.2) is 0 Å². The Hall–Kier alpha value is -0.380. The largest absolute Gasteiger partial charge is 0.466 e. The first kappa shape index (κ1) is 11.6. The summed E-state index contributed by atoms with van der Waals surface area (Å²) >= 11 is 0. The van der Waals surface area contributed by atoms with Crippen LogP contribution < -0.4 is 0 Å². The predicted molar refractivity (Wildman–Crippen MR) is 49.4 cm³/mol. The lowest BCUT2D eigenvalue weighted by molar-refractivity contribution is -0.143. The van der Waals surface area contributed by atoms with Crippen molar-refractivity contribution in [2.45, 2.75) is 32.4 Å². The van der Waals surface area contributed by atoms with Gasteiger partial charge >= 0.3 is 5.97 Å². The molecule has 0 saturated heterocycles. The lowest BCUT2D eigenvalue weighted by Gasteiger charge is -2.08. The number of ether oxygens (including phenoxy) is 1. The van der Waals surface area contributed by atoms with Crippen LogP contribution in [0, 0.1) is 0 Å². The second-order valence-corrected chi connectivity index (χ2v) is 4.63. The minimum absolute atomic E-state index is 0.0888. The molecule has 0 aliphatic carbocycles. The van der Waals surface area contributed by atoms with E-state index in [-0.39, 0.29) is 17.6 Å². The van der Waals surface area contributed by atoms with Gasteiger partial charge in [-0.15, -0.1) is 0 Å². The van der Waals surface area contributed by atoms with Gasteiger partial charge < -0.3 is 4.74 Å². The maximum absolute atomic E-state index is 11.2. The van der Waals surface area contributed by atoms with Gasteiger partial charge in [0.25, 0.3) is 0 Å². The molecule has 0 fully saturated rings. The SMILES string of the molecule is CCOC(=O)CC(C)S(=O)CC. The van der Waals surface area contributed by atoms with Crippen LogP contribution in [0.25, 0.3) is 0 Å². The van der Waals surface area contributed by atoms with E-state index in [2.05, 4.69) is 0 Å². The summed E-state index contributed by atoms with van der Waals surface area (Å²) in [5.41, 5.74) is 0. The molecular weight excluding hydrogens is 176 g/mol. The van der Waals surface area contributed by atoms with E-state index >= 15 is 0 Å². The van der Waals surface area contributed by atoms with E-state index in [0.29, 0.717) is 12.4 Å². The van der Waals surface area contributed by atoms with Crippen molar-refractivity contribution in [3.8, 4) is 0 Å². The van der Waals surface area contributed by atoms with Gasteiger partial charge in [-0.3, -0.25) is 9.00 Å². The van der Waals surface area contributed by atoms with Crippen LogP contribution in [0.3, 0.4) is 0 Å². The molecule has 0 bridgehead atoms. The second-order valence-electron chi connectivity index (χ2n) is 2.49. The fourth-order valence-corrected chi connectivity index (χ4v) is 1.72. The molecule has 0 radical (unpaired) electrons. The first-order chi connectivity index (χ1) is 5.61. The van der Waals surface area contributed by atoms with E-state index in [0.717, 1.165) is 0 Å². The number of esters is 1. The topological polar surface area (TPSA) is 43.4 Å². The molecule has 0 aliphatic rings. The van der Waals surface area contributed by atoms with Crippen LogP contribution in [0.15, 0.2) is 0 Å². The molecule has 2 atom stereocenters. The fourth-order valence-electron chi connectivity index (χ4n) is 0.832. The van der Waals surface area contributed by atoms with E-state index < -0.39 is 10.8 Å². The van der Waals surface area contributed by atoms with Gasteiger partial charge in [0.2, 0.25) is 0 Å². The van der Waals surface area contributed by atoms with Crippen LogP contribution in [0.5, 0.6) is 0 Å². The van der Waals surface area contributed by atoms with Gasteiger partial charge in [-0.2, -0.15) is 0 Å². The molecule has 0 rings (SSSR count). The highest BCUT2D eigenvalue weighted by atomic mass is 32.2. The monoisotopic (exact) mass is 192 g/mol. The Balaban J connectivity index is 3.75. The van der Waals surface area contributed by atoms with Gasteiger partial charge in [0.1, 0.15) is 0 Å². The van der Waals surface area contributed by atoms with Crippen LogP contribution in [0.4, 0.5) is 0 Å². The molecule has 72 valence electrons. The summed E-state index contributed by atoms with van der Waals surface area (Å²) in [6, 6.07) is 0. The van der Waals surface area contributed by atoms with Crippen molar-refractivity contribution in [1.82, 2.24) is 0 Å². The molecule has 0 N–H and O–H groups in total. The Labute approximate surface area is 75.9 Å². The molecule has 0 aromatic carbocycles. The smallest absolute Gasteiger partial charge is 0.306 e. The van der Waals surface area contributed by atoms with Crippen molar-refractivity contribution in [3.05, 3.63) is 0 Å². The minimum Gasteiger partial charge on any atom is -0.466 e. The van der Waals surface area contributed by atoms with Crippen LogP contribution in [-0.4, -0.2) is 27.8 Å². The molecule has 12 heavy (non-hydrogen) atoms. The normalized spacial score (nSPS) is 15.2. The summed E-state index contributed by atoms with van der Waals surface area (Å²) in [4.78, 5) is 10.9. The van der Waals surface area contributed by atoms with Crippen molar-refractivity contribution in [2.75, 3.05) is 12.4 Å². The Morgan fingerprint density at radius 2 is 2.08 bits per heavy atom. The highest BCUT2D eigenvalue weighted by Gasteiger charge is 2.14. The van der Waals surface area contributed by atoms with Gasteiger partial charge in [-0.1, -0.05) is 13.8 Å². The van der Waals surface area contributed by atoms with Gasteiger partial charge in [0.05, 0.1) is 13.0 Å². The van der Waals surface area contributed by atoms with Crippen LogP contribution in [0.2, 0.25) is 0 Å². The van der Waals surface area contributed by atoms with E-state index in [9.17, 15) is 9.00 Å². The quantitative estimate of drug-likeness (QED) is 0.613. The molecular formula is C8H16O3S. The molecule has 0 aromatic rings. The van der Waals surface area contributed by atoms with Crippen LogP contribution in [-0.2, 0) is 20.3 Å². The summed E-state index contributed by atoms with van der Waals surface area (Å²) in [5, 5.41) is -0.0888. The standard InChI is InChI=1S/C8H16O3S/c1-4-11-8(9)6-7(3)12(10)5-2/h7H,4-6H2,1-3H3. The lowest BCUT2D eigenvalue weighted by atomic mass is 10.3. The summed E-state index contributed by atoms with van der Waals surface area (Å²) in [7, 11) is -0.897.